The molecule has 0 fully saturated rings. The first-order chi connectivity index (χ1) is 4.37. The smallest absolute Gasteiger partial charge is 0.337 e. The molecule has 0 aromatic rings. The molecule has 0 aliphatic heterocycles. The zero-order valence-electron chi connectivity index (χ0n) is 5.04. The van der Waals surface area contributed by atoms with Gasteiger partial charge in [-0.2, -0.15) is 0 Å². The summed E-state index contributed by atoms with van der Waals surface area (Å²) in [7, 11) is 0. The number of hydrogen-bond donors (Lipinski definition) is 2. The number of carboxylic acids is 2. The van der Waals surface area contributed by atoms with E-state index >= 15 is 0 Å². The second kappa shape index (κ2) is 6.64. The number of aliphatic carboxylic acids is 2. The molecule has 0 saturated heterocycles. The Balaban J connectivity index is 0. The van der Waals surface area contributed by atoms with Crippen molar-refractivity contribution in [2.75, 3.05) is 0 Å². The summed E-state index contributed by atoms with van der Waals surface area (Å²) >= 11 is 9.56. The highest BCUT2D eigenvalue weighted by molar-refractivity contribution is 6.52. The number of rotatable bonds is 1. The van der Waals surface area contributed by atoms with Crippen LogP contribution in [-0.4, -0.2) is 27.0 Å². The van der Waals surface area contributed by atoms with E-state index in [2.05, 4.69) is 0 Å². The molecule has 0 bridgehead atoms. The van der Waals surface area contributed by atoms with Gasteiger partial charge in [-0.25, -0.2) is 4.79 Å². The van der Waals surface area contributed by atoms with Gasteiger partial charge in [-0.3, -0.25) is 4.79 Å². The molecule has 0 aromatic heterocycles. The predicted octanol–water partition coefficient (Wildman–Crippen LogP) is 0.966. The van der Waals surface area contributed by atoms with E-state index in [1.807, 2.05) is 0 Å². The molecule has 0 aromatic carbocycles. The van der Waals surface area contributed by atoms with Crippen molar-refractivity contribution in [3.05, 3.63) is 0 Å². The maximum Gasteiger partial charge on any atom is 0.337 e. The van der Waals surface area contributed by atoms with E-state index in [1.165, 1.54) is 0 Å². The van der Waals surface area contributed by atoms with Crippen LogP contribution in [0.3, 0.4) is 0 Å². The van der Waals surface area contributed by atoms with Crippen LogP contribution in [0.1, 0.15) is 6.92 Å². The van der Waals surface area contributed by atoms with Crippen molar-refractivity contribution >= 4 is 35.1 Å². The van der Waals surface area contributed by atoms with Crippen molar-refractivity contribution < 1.29 is 19.8 Å². The Morgan fingerprint density at radius 2 is 1.40 bits per heavy atom. The number of carboxylic acid groups (broad SMARTS) is 2. The molecule has 0 aliphatic carbocycles. The Bertz CT molecular complexity index is 118. The summed E-state index contributed by atoms with van der Waals surface area (Å²) in [6.45, 7) is 1.08. The quantitative estimate of drug-likeness (QED) is 0.602. The van der Waals surface area contributed by atoms with Crippen LogP contribution >= 0.6 is 23.2 Å². The molecular formula is C4H6Cl2O4. The fourth-order valence-electron chi connectivity index (χ4n) is 0. The minimum Gasteiger partial charge on any atom is -0.481 e. The van der Waals surface area contributed by atoms with E-state index in [9.17, 15) is 4.79 Å². The maximum atomic E-state index is 9.44. The van der Waals surface area contributed by atoms with E-state index in [0.717, 1.165) is 6.92 Å². The summed E-state index contributed by atoms with van der Waals surface area (Å²) in [6, 6.07) is 0. The second-order valence-electron chi connectivity index (χ2n) is 1.16. The standard InChI is InChI=1S/C2H2Cl2O2.C2H4O2/c3-1(4)2(5)6;1-2(3)4/h1H,(H,5,6);1H3,(H,3,4). The van der Waals surface area contributed by atoms with Gasteiger partial charge in [-0.1, -0.05) is 23.2 Å². The molecule has 0 radical (unpaired) electrons. The summed E-state index contributed by atoms with van der Waals surface area (Å²) in [4.78, 5) is 17.1. The lowest BCUT2D eigenvalue weighted by Gasteiger charge is -1.84. The molecule has 0 aliphatic rings. The molecule has 60 valence electrons. The van der Waals surface area contributed by atoms with Crippen molar-refractivity contribution in [3.8, 4) is 0 Å². The minimum atomic E-state index is -1.29. The van der Waals surface area contributed by atoms with Crippen molar-refractivity contribution in [2.24, 2.45) is 0 Å². The Morgan fingerprint density at radius 1 is 1.30 bits per heavy atom. The summed E-state index contributed by atoms with van der Waals surface area (Å²) in [5, 5.41) is 15.1. The third kappa shape index (κ3) is 25.8. The normalized spacial score (nSPS) is 8.00. The van der Waals surface area contributed by atoms with Gasteiger partial charge in [0.15, 0.2) is 0 Å². The van der Waals surface area contributed by atoms with Crippen LogP contribution in [0.15, 0.2) is 0 Å². The largest absolute Gasteiger partial charge is 0.481 e. The topological polar surface area (TPSA) is 74.6 Å². The third-order valence-corrected chi connectivity index (χ3v) is 0.560. The maximum absolute atomic E-state index is 9.44. The van der Waals surface area contributed by atoms with Crippen LogP contribution < -0.4 is 0 Å². The van der Waals surface area contributed by atoms with Gasteiger partial charge in [-0.05, 0) is 0 Å². The molecular weight excluding hydrogens is 183 g/mol. The van der Waals surface area contributed by atoms with Gasteiger partial charge in [0.05, 0.1) is 0 Å². The number of hydrogen-bond acceptors (Lipinski definition) is 2. The summed E-state index contributed by atoms with van der Waals surface area (Å²) in [5.41, 5.74) is 0. The van der Waals surface area contributed by atoms with Gasteiger partial charge in [0.2, 0.25) is 4.84 Å². The van der Waals surface area contributed by atoms with Crippen LogP contribution in [0.2, 0.25) is 0 Å². The van der Waals surface area contributed by atoms with Gasteiger partial charge < -0.3 is 10.2 Å². The van der Waals surface area contributed by atoms with E-state index in [4.69, 9.17) is 38.2 Å². The number of alkyl halides is 2. The van der Waals surface area contributed by atoms with Crippen LogP contribution in [0, 0.1) is 0 Å². The Labute approximate surface area is 67.4 Å². The van der Waals surface area contributed by atoms with E-state index < -0.39 is 16.8 Å². The van der Waals surface area contributed by atoms with Crippen molar-refractivity contribution in [1.82, 2.24) is 0 Å². The van der Waals surface area contributed by atoms with Crippen molar-refractivity contribution in [2.45, 2.75) is 11.8 Å². The lowest BCUT2D eigenvalue weighted by Crippen LogP contribution is -2.03. The van der Waals surface area contributed by atoms with Gasteiger partial charge in [-0.15, -0.1) is 0 Å². The fourth-order valence-corrected chi connectivity index (χ4v) is 0. The van der Waals surface area contributed by atoms with Crippen LogP contribution in [0.5, 0.6) is 0 Å². The molecule has 10 heavy (non-hydrogen) atoms. The summed E-state index contributed by atoms with van der Waals surface area (Å²) in [6.07, 6.45) is 0. The molecule has 6 heteroatoms. The van der Waals surface area contributed by atoms with Crippen molar-refractivity contribution in [3.63, 3.8) is 0 Å². The van der Waals surface area contributed by atoms with Crippen LogP contribution in [0.4, 0.5) is 0 Å². The molecule has 0 amide bonds. The van der Waals surface area contributed by atoms with E-state index in [1.54, 1.807) is 0 Å². The van der Waals surface area contributed by atoms with Gasteiger partial charge in [0.1, 0.15) is 0 Å². The predicted molar refractivity (Wildman–Crippen MR) is 36.4 cm³/mol. The molecule has 0 heterocycles. The summed E-state index contributed by atoms with van der Waals surface area (Å²) in [5.74, 6) is -2.04. The molecule has 0 rings (SSSR count). The Hall–Kier alpha value is -0.480. The minimum absolute atomic E-state index is 0.833. The van der Waals surface area contributed by atoms with Gasteiger partial charge in [0, 0.05) is 6.92 Å². The van der Waals surface area contributed by atoms with Crippen LogP contribution in [0.25, 0.3) is 0 Å². The first-order valence-electron chi connectivity index (χ1n) is 2.08. The first-order valence-corrected chi connectivity index (χ1v) is 2.95. The van der Waals surface area contributed by atoms with Crippen LogP contribution in [-0.2, 0) is 9.59 Å². The van der Waals surface area contributed by atoms with Crippen molar-refractivity contribution in [1.29, 1.82) is 0 Å². The van der Waals surface area contributed by atoms with E-state index in [0.29, 0.717) is 0 Å². The SMILES string of the molecule is CC(=O)O.O=C(O)C(Cl)Cl. The van der Waals surface area contributed by atoms with Gasteiger partial charge in [0.25, 0.3) is 5.97 Å². The first kappa shape index (κ1) is 12.2. The molecule has 4 nitrogen and oxygen atoms in total. The Morgan fingerprint density at radius 3 is 1.40 bits per heavy atom. The highest BCUT2D eigenvalue weighted by Crippen LogP contribution is 1.98. The Kier molecular flexibility index (Phi) is 8.11. The lowest BCUT2D eigenvalue weighted by atomic mass is 10.8. The highest BCUT2D eigenvalue weighted by Gasteiger charge is 2.05. The summed E-state index contributed by atoms with van der Waals surface area (Å²) < 4.78 is 0. The fraction of sp³-hybridized carbons (Fsp3) is 0.500. The monoisotopic (exact) mass is 188 g/mol. The molecule has 0 spiro atoms. The average Bonchev–Trinajstić information content (AvgIpc) is 1.63. The lowest BCUT2D eigenvalue weighted by molar-refractivity contribution is -0.135. The number of carbonyl (C=O) groups is 2. The molecule has 0 saturated carbocycles. The zero-order valence-corrected chi connectivity index (χ0v) is 6.56. The highest BCUT2D eigenvalue weighted by atomic mass is 35.5. The average molecular weight is 189 g/mol. The molecule has 0 atom stereocenters. The van der Waals surface area contributed by atoms with E-state index in [-0.39, 0.29) is 0 Å². The third-order valence-electron chi connectivity index (χ3n) is 0.187. The zero-order chi connectivity index (χ0) is 8.73. The second-order valence-corrected chi connectivity index (χ2v) is 2.25. The number of halogens is 2. The molecule has 2 N–H and O–H groups in total. The van der Waals surface area contributed by atoms with Gasteiger partial charge >= 0.3 is 5.97 Å². The molecule has 0 unspecified atom stereocenters.